The molecule has 0 bridgehead atoms. The van der Waals surface area contributed by atoms with Gasteiger partial charge in [0.05, 0.1) is 71.8 Å². The molecule has 1 aromatic carbocycles. The molecule has 1 aromatic rings. The fourth-order valence-corrected chi connectivity index (χ4v) is 2.17. The van der Waals surface area contributed by atoms with Crippen LogP contribution in [-0.4, -0.2) is 77.1 Å². The van der Waals surface area contributed by atoms with Gasteiger partial charge in [-0.3, -0.25) is 0 Å². The van der Waals surface area contributed by atoms with Gasteiger partial charge in [-0.15, -0.1) is 0 Å². The molecule has 26 heavy (non-hydrogen) atoms. The van der Waals surface area contributed by atoms with Crippen LogP contribution in [0.2, 0.25) is 0 Å². The third-order valence-corrected chi connectivity index (χ3v) is 3.55. The van der Waals surface area contributed by atoms with Gasteiger partial charge in [0, 0.05) is 4.43 Å². The standard InChI is InChI=1S/C18H30INO6/c19-5-6-21-7-8-22-9-10-23-11-12-24-13-14-25-15-16-26-18-4-2-1-3-17(18)20/h1-4H,5-16,20H2. The van der Waals surface area contributed by atoms with Crippen LogP contribution < -0.4 is 10.5 Å². The van der Waals surface area contributed by atoms with Crippen molar-refractivity contribution in [3.05, 3.63) is 24.3 Å². The lowest BCUT2D eigenvalue weighted by molar-refractivity contribution is -0.0117. The zero-order valence-electron chi connectivity index (χ0n) is 15.2. The topological polar surface area (TPSA) is 81.4 Å². The molecule has 0 fully saturated rings. The van der Waals surface area contributed by atoms with Crippen molar-refractivity contribution in [3.8, 4) is 5.75 Å². The lowest BCUT2D eigenvalue weighted by atomic mass is 10.3. The van der Waals surface area contributed by atoms with Crippen molar-refractivity contribution in [2.75, 3.05) is 82.8 Å². The van der Waals surface area contributed by atoms with Gasteiger partial charge in [0.25, 0.3) is 0 Å². The Kier molecular flexibility index (Phi) is 16.0. The molecule has 0 radical (unpaired) electrons. The van der Waals surface area contributed by atoms with Crippen LogP contribution >= 0.6 is 22.6 Å². The van der Waals surface area contributed by atoms with Crippen LogP contribution in [0.15, 0.2) is 24.3 Å². The normalized spacial score (nSPS) is 11.0. The summed E-state index contributed by atoms with van der Waals surface area (Å²) in [5.74, 6) is 0.682. The highest BCUT2D eigenvalue weighted by atomic mass is 127. The molecule has 0 aromatic heterocycles. The molecule has 0 amide bonds. The monoisotopic (exact) mass is 483 g/mol. The maximum Gasteiger partial charge on any atom is 0.142 e. The van der Waals surface area contributed by atoms with E-state index in [-0.39, 0.29) is 0 Å². The van der Waals surface area contributed by atoms with Gasteiger partial charge in [0.15, 0.2) is 0 Å². The molecule has 2 N–H and O–H groups in total. The number of nitrogens with two attached hydrogens (primary N) is 1. The highest BCUT2D eigenvalue weighted by Gasteiger charge is 1.98. The molecule has 0 aliphatic rings. The van der Waals surface area contributed by atoms with E-state index in [0.717, 1.165) is 11.0 Å². The molecule has 0 saturated heterocycles. The molecule has 0 atom stereocenters. The maximum absolute atomic E-state index is 5.78. The van der Waals surface area contributed by atoms with Crippen molar-refractivity contribution in [2.45, 2.75) is 0 Å². The average molecular weight is 483 g/mol. The molecule has 0 heterocycles. The SMILES string of the molecule is Nc1ccccc1OCCOCCOCCOCCOCCOCCI. The maximum atomic E-state index is 5.78. The molecule has 7 nitrogen and oxygen atoms in total. The first-order valence-electron chi connectivity index (χ1n) is 8.76. The number of nitrogen functional groups attached to an aromatic ring is 1. The Morgan fingerprint density at radius 2 is 1.04 bits per heavy atom. The van der Waals surface area contributed by atoms with Crippen molar-refractivity contribution < 1.29 is 28.4 Å². The van der Waals surface area contributed by atoms with Gasteiger partial charge in [0.2, 0.25) is 0 Å². The predicted molar refractivity (Wildman–Crippen MR) is 109 cm³/mol. The van der Waals surface area contributed by atoms with E-state index < -0.39 is 0 Å². The Hall–Kier alpha value is -0.650. The van der Waals surface area contributed by atoms with Crippen LogP contribution in [0.5, 0.6) is 5.75 Å². The number of hydrogen-bond acceptors (Lipinski definition) is 7. The van der Waals surface area contributed by atoms with Gasteiger partial charge in [-0.1, -0.05) is 34.7 Å². The van der Waals surface area contributed by atoms with E-state index >= 15 is 0 Å². The molecule has 0 saturated carbocycles. The zero-order valence-corrected chi connectivity index (χ0v) is 17.4. The van der Waals surface area contributed by atoms with E-state index in [1.165, 1.54) is 0 Å². The highest BCUT2D eigenvalue weighted by Crippen LogP contribution is 2.19. The molecule has 8 heteroatoms. The summed E-state index contributed by atoms with van der Waals surface area (Å²) in [6.45, 7) is 6.24. The average Bonchev–Trinajstić information content (AvgIpc) is 2.65. The first kappa shape index (κ1) is 23.4. The van der Waals surface area contributed by atoms with E-state index in [2.05, 4.69) is 22.6 Å². The molecule has 0 aliphatic heterocycles. The van der Waals surface area contributed by atoms with Gasteiger partial charge in [-0.2, -0.15) is 0 Å². The molecule has 0 spiro atoms. The minimum atomic E-state index is 0.459. The van der Waals surface area contributed by atoms with Crippen LogP contribution in [0.3, 0.4) is 0 Å². The number of alkyl halides is 1. The van der Waals surface area contributed by atoms with Crippen molar-refractivity contribution in [1.82, 2.24) is 0 Å². The summed E-state index contributed by atoms with van der Waals surface area (Å²) >= 11 is 2.28. The third-order valence-electron chi connectivity index (χ3n) is 3.11. The quantitative estimate of drug-likeness (QED) is 0.148. The van der Waals surface area contributed by atoms with Gasteiger partial charge < -0.3 is 34.2 Å². The van der Waals surface area contributed by atoms with Crippen LogP contribution in [0.25, 0.3) is 0 Å². The molecule has 0 aliphatic carbocycles. The number of anilines is 1. The fourth-order valence-electron chi connectivity index (χ4n) is 1.86. The third kappa shape index (κ3) is 13.5. The lowest BCUT2D eigenvalue weighted by Crippen LogP contribution is -2.14. The fraction of sp³-hybridized carbons (Fsp3) is 0.667. The Labute approximate surface area is 169 Å². The number of rotatable bonds is 18. The summed E-state index contributed by atoms with van der Waals surface area (Å²) in [5.41, 5.74) is 6.41. The minimum Gasteiger partial charge on any atom is -0.489 e. The summed E-state index contributed by atoms with van der Waals surface area (Å²) in [6, 6.07) is 7.40. The van der Waals surface area contributed by atoms with Gasteiger partial charge >= 0.3 is 0 Å². The number of benzene rings is 1. The van der Waals surface area contributed by atoms with Crippen LogP contribution in [0, 0.1) is 0 Å². The molecule has 0 unspecified atom stereocenters. The van der Waals surface area contributed by atoms with Crippen molar-refractivity contribution in [2.24, 2.45) is 0 Å². The largest absolute Gasteiger partial charge is 0.489 e. The second kappa shape index (κ2) is 17.7. The van der Waals surface area contributed by atoms with Crippen molar-refractivity contribution >= 4 is 28.3 Å². The second-order valence-corrected chi connectivity index (χ2v) is 6.22. The smallest absolute Gasteiger partial charge is 0.142 e. The Morgan fingerprint density at radius 3 is 1.50 bits per heavy atom. The first-order valence-corrected chi connectivity index (χ1v) is 10.3. The van der Waals surface area contributed by atoms with Crippen LogP contribution in [-0.2, 0) is 23.7 Å². The molecular formula is C18H30INO6. The molecule has 1 rings (SSSR count). The summed E-state index contributed by atoms with van der Waals surface area (Å²) < 4.78 is 33.4. The summed E-state index contributed by atoms with van der Waals surface area (Å²) in [6.07, 6.45) is 0. The van der Waals surface area contributed by atoms with Gasteiger partial charge in [-0.05, 0) is 12.1 Å². The summed E-state index contributed by atoms with van der Waals surface area (Å²) in [5, 5.41) is 0. The number of hydrogen-bond donors (Lipinski definition) is 1. The molecule has 150 valence electrons. The lowest BCUT2D eigenvalue weighted by Gasteiger charge is -2.09. The summed E-state index contributed by atoms with van der Waals surface area (Å²) in [4.78, 5) is 0. The van der Waals surface area contributed by atoms with Crippen LogP contribution in [0.1, 0.15) is 0 Å². The Balaban J connectivity index is 1.74. The van der Waals surface area contributed by atoms with Crippen LogP contribution in [0.4, 0.5) is 5.69 Å². The molecular weight excluding hydrogens is 453 g/mol. The minimum absolute atomic E-state index is 0.459. The number of halogens is 1. The Bertz CT molecular complexity index is 438. The highest BCUT2D eigenvalue weighted by molar-refractivity contribution is 14.1. The first-order chi connectivity index (χ1) is 12.8. The number of ether oxygens (including phenoxy) is 6. The summed E-state index contributed by atoms with van der Waals surface area (Å²) in [7, 11) is 0. The van der Waals surface area contributed by atoms with E-state index in [1.54, 1.807) is 6.07 Å². The van der Waals surface area contributed by atoms with Gasteiger partial charge in [-0.25, -0.2) is 0 Å². The van der Waals surface area contributed by atoms with E-state index in [0.29, 0.717) is 77.5 Å². The van der Waals surface area contributed by atoms with E-state index in [1.807, 2.05) is 18.2 Å². The predicted octanol–water partition coefficient (Wildman–Crippen LogP) is 2.17. The zero-order chi connectivity index (χ0) is 18.7. The Morgan fingerprint density at radius 1 is 0.615 bits per heavy atom. The van der Waals surface area contributed by atoms with Crippen molar-refractivity contribution in [1.29, 1.82) is 0 Å². The van der Waals surface area contributed by atoms with E-state index in [9.17, 15) is 0 Å². The second-order valence-electron chi connectivity index (χ2n) is 5.14. The van der Waals surface area contributed by atoms with E-state index in [4.69, 9.17) is 34.2 Å². The van der Waals surface area contributed by atoms with Gasteiger partial charge in [0.1, 0.15) is 12.4 Å². The van der Waals surface area contributed by atoms with Crippen molar-refractivity contribution in [3.63, 3.8) is 0 Å². The number of para-hydroxylation sites is 2.